The van der Waals surface area contributed by atoms with Crippen molar-refractivity contribution in [1.82, 2.24) is 10.6 Å². The molecule has 0 spiro atoms. The number of fused-ring (bicyclic) bond motifs is 3. The predicted molar refractivity (Wildman–Crippen MR) is 133 cm³/mol. The van der Waals surface area contributed by atoms with Gasteiger partial charge in [-0.2, -0.15) is 0 Å². The first kappa shape index (κ1) is 24.8. The Hall–Kier alpha value is -3.35. The molecule has 2 aromatic rings. The van der Waals surface area contributed by atoms with Crippen LogP contribution in [-0.2, 0) is 14.3 Å². The molecule has 35 heavy (non-hydrogen) atoms. The van der Waals surface area contributed by atoms with Crippen LogP contribution < -0.4 is 10.6 Å². The average molecular weight is 479 g/mol. The quantitative estimate of drug-likeness (QED) is 0.453. The van der Waals surface area contributed by atoms with Crippen LogP contribution in [0.5, 0.6) is 0 Å². The Balaban J connectivity index is 1.30. The molecule has 4 rings (SSSR count). The van der Waals surface area contributed by atoms with Crippen LogP contribution in [0.15, 0.2) is 48.5 Å². The minimum absolute atomic E-state index is 0.00281. The second kappa shape index (κ2) is 11.4. The zero-order valence-electron chi connectivity index (χ0n) is 20.2. The monoisotopic (exact) mass is 478 g/mol. The molecular formula is C28H34N2O5. The molecule has 1 fully saturated rings. The first-order valence-corrected chi connectivity index (χ1v) is 12.6. The number of aliphatic carboxylic acids is 1. The van der Waals surface area contributed by atoms with Gasteiger partial charge in [0.1, 0.15) is 6.61 Å². The minimum atomic E-state index is -0.917. The first-order chi connectivity index (χ1) is 17.0. The molecule has 3 unspecified atom stereocenters. The van der Waals surface area contributed by atoms with E-state index in [0.717, 1.165) is 25.7 Å². The molecule has 1 saturated carbocycles. The Labute approximate surface area is 206 Å². The fourth-order valence-corrected chi connectivity index (χ4v) is 5.57. The van der Waals surface area contributed by atoms with Crippen molar-refractivity contribution in [3.05, 3.63) is 59.7 Å². The lowest BCUT2D eigenvalue weighted by Gasteiger charge is -2.23. The third kappa shape index (κ3) is 6.02. The molecule has 0 heterocycles. The van der Waals surface area contributed by atoms with Crippen molar-refractivity contribution >= 4 is 18.0 Å². The highest BCUT2D eigenvalue weighted by Crippen LogP contribution is 2.44. The molecule has 2 aliphatic rings. The number of amides is 2. The zero-order chi connectivity index (χ0) is 24.8. The topological polar surface area (TPSA) is 105 Å². The average Bonchev–Trinajstić information content (AvgIpc) is 3.39. The molecule has 0 aliphatic heterocycles. The predicted octanol–water partition coefficient (Wildman–Crippen LogP) is 4.84. The number of alkyl carbamates (subject to hydrolysis) is 1. The van der Waals surface area contributed by atoms with Gasteiger partial charge in [-0.3, -0.25) is 9.59 Å². The molecule has 7 heteroatoms. The van der Waals surface area contributed by atoms with Gasteiger partial charge in [0, 0.05) is 24.4 Å². The standard InChI is InChI=1S/C28H34N2O5/c1-2-8-19(16-27(32)33)29-26(31)15-18-9-7-14-25(18)30-28(34)35-17-24-22-12-5-3-10-20(22)21-11-4-6-13-23(21)24/h3-6,10-13,18-19,24-25H,2,7-9,14-17H2,1H3,(H,29,31)(H,30,34)(H,32,33). The van der Waals surface area contributed by atoms with Gasteiger partial charge < -0.3 is 20.5 Å². The van der Waals surface area contributed by atoms with Gasteiger partial charge in [0.25, 0.3) is 0 Å². The highest BCUT2D eigenvalue weighted by molar-refractivity contribution is 5.79. The van der Waals surface area contributed by atoms with Crippen LogP contribution in [0.2, 0.25) is 0 Å². The van der Waals surface area contributed by atoms with Crippen LogP contribution in [-0.4, -0.2) is 41.8 Å². The SMILES string of the molecule is CCCC(CC(=O)O)NC(=O)CC1CCCC1NC(=O)OCC1c2ccccc2-c2ccccc21. The van der Waals surface area contributed by atoms with Crippen LogP contribution in [0.1, 0.15) is 68.9 Å². The normalized spacial score (nSPS) is 19.5. The Morgan fingerprint density at radius 3 is 2.31 bits per heavy atom. The summed E-state index contributed by atoms with van der Waals surface area (Å²) in [6.07, 6.45) is 3.74. The van der Waals surface area contributed by atoms with Crippen molar-refractivity contribution in [2.75, 3.05) is 6.61 Å². The molecule has 2 amide bonds. The Bertz CT molecular complexity index is 1020. The van der Waals surface area contributed by atoms with Gasteiger partial charge in [0.15, 0.2) is 0 Å². The van der Waals surface area contributed by atoms with Gasteiger partial charge in [-0.1, -0.05) is 68.3 Å². The van der Waals surface area contributed by atoms with Gasteiger partial charge in [-0.15, -0.1) is 0 Å². The second-order valence-corrected chi connectivity index (χ2v) is 9.62. The largest absolute Gasteiger partial charge is 0.481 e. The highest BCUT2D eigenvalue weighted by Gasteiger charge is 2.33. The summed E-state index contributed by atoms with van der Waals surface area (Å²) in [5.74, 6) is -1.05. The van der Waals surface area contributed by atoms with Gasteiger partial charge in [-0.05, 0) is 47.4 Å². The maximum atomic E-state index is 12.7. The summed E-state index contributed by atoms with van der Waals surface area (Å²) in [5.41, 5.74) is 4.70. The van der Waals surface area contributed by atoms with Crippen molar-refractivity contribution < 1.29 is 24.2 Å². The van der Waals surface area contributed by atoms with Crippen LogP contribution in [0.3, 0.4) is 0 Å². The molecule has 2 aromatic carbocycles. The summed E-state index contributed by atoms with van der Waals surface area (Å²) in [5, 5.41) is 14.9. The molecule has 3 N–H and O–H groups in total. The summed E-state index contributed by atoms with van der Waals surface area (Å²) in [4.78, 5) is 36.3. The number of carboxylic acids is 1. The molecule has 0 aromatic heterocycles. The number of ether oxygens (including phenoxy) is 1. The van der Waals surface area contributed by atoms with Crippen LogP contribution in [0, 0.1) is 5.92 Å². The fourth-order valence-electron chi connectivity index (χ4n) is 5.57. The molecular weight excluding hydrogens is 444 g/mol. The zero-order valence-corrected chi connectivity index (χ0v) is 20.2. The number of benzene rings is 2. The minimum Gasteiger partial charge on any atom is -0.481 e. The number of rotatable bonds is 10. The number of carbonyl (C=O) groups excluding carboxylic acids is 2. The van der Waals surface area contributed by atoms with Crippen molar-refractivity contribution in [3.8, 4) is 11.1 Å². The third-order valence-electron chi connectivity index (χ3n) is 7.18. The lowest BCUT2D eigenvalue weighted by molar-refractivity contribution is -0.137. The van der Waals surface area contributed by atoms with Gasteiger partial charge in [0.2, 0.25) is 5.91 Å². The van der Waals surface area contributed by atoms with Crippen LogP contribution in [0.4, 0.5) is 4.79 Å². The van der Waals surface area contributed by atoms with E-state index in [-0.39, 0.29) is 49.3 Å². The lowest BCUT2D eigenvalue weighted by Crippen LogP contribution is -2.42. The molecule has 2 aliphatic carbocycles. The van der Waals surface area contributed by atoms with E-state index in [1.165, 1.54) is 22.3 Å². The molecule has 3 atom stereocenters. The highest BCUT2D eigenvalue weighted by atomic mass is 16.5. The Kier molecular flexibility index (Phi) is 8.06. The summed E-state index contributed by atoms with van der Waals surface area (Å²) >= 11 is 0. The molecule has 0 bridgehead atoms. The summed E-state index contributed by atoms with van der Waals surface area (Å²) in [6.45, 7) is 2.22. The van der Waals surface area contributed by atoms with E-state index in [1.807, 2.05) is 31.2 Å². The molecule has 0 saturated heterocycles. The van der Waals surface area contributed by atoms with E-state index in [4.69, 9.17) is 9.84 Å². The van der Waals surface area contributed by atoms with Crippen molar-refractivity contribution in [1.29, 1.82) is 0 Å². The summed E-state index contributed by atoms with van der Waals surface area (Å²) in [7, 11) is 0. The lowest BCUT2D eigenvalue weighted by atomic mass is 9.98. The van der Waals surface area contributed by atoms with E-state index in [2.05, 4.69) is 34.9 Å². The molecule has 0 radical (unpaired) electrons. The number of nitrogens with one attached hydrogen (secondary N) is 2. The van der Waals surface area contributed by atoms with Crippen molar-refractivity contribution in [3.63, 3.8) is 0 Å². The van der Waals surface area contributed by atoms with Crippen LogP contribution >= 0.6 is 0 Å². The summed E-state index contributed by atoms with van der Waals surface area (Å²) < 4.78 is 5.68. The Morgan fingerprint density at radius 2 is 1.69 bits per heavy atom. The van der Waals surface area contributed by atoms with E-state index >= 15 is 0 Å². The van der Waals surface area contributed by atoms with E-state index in [0.29, 0.717) is 6.42 Å². The number of hydrogen-bond acceptors (Lipinski definition) is 4. The van der Waals surface area contributed by atoms with E-state index < -0.39 is 12.1 Å². The van der Waals surface area contributed by atoms with Gasteiger partial charge in [0.05, 0.1) is 6.42 Å². The maximum Gasteiger partial charge on any atom is 0.407 e. The fraction of sp³-hybridized carbons (Fsp3) is 0.464. The molecule has 7 nitrogen and oxygen atoms in total. The Morgan fingerprint density at radius 1 is 1.03 bits per heavy atom. The summed E-state index contributed by atoms with van der Waals surface area (Å²) in [6, 6.07) is 15.9. The van der Waals surface area contributed by atoms with Crippen molar-refractivity contribution in [2.45, 2.75) is 69.9 Å². The maximum absolute atomic E-state index is 12.7. The first-order valence-electron chi connectivity index (χ1n) is 12.6. The second-order valence-electron chi connectivity index (χ2n) is 9.62. The third-order valence-corrected chi connectivity index (χ3v) is 7.18. The number of carboxylic acid groups (broad SMARTS) is 1. The number of carbonyl (C=O) groups is 3. The number of hydrogen-bond donors (Lipinski definition) is 3. The molecule has 186 valence electrons. The van der Waals surface area contributed by atoms with E-state index in [9.17, 15) is 14.4 Å². The van der Waals surface area contributed by atoms with E-state index in [1.54, 1.807) is 0 Å². The smallest absolute Gasteiger partial charge is 0.407 e. The van der Waals surface area contributed by atoms with Crippen LogP contribution in [0.25, 0.3) is 11.1 Å². The van der Waals surface area contributed by atoms with Crippen molar-refractivity contribution in [2.24, 2.45) is 5.92 Å². The van der Waals surface area contributed by atoms with Gasteiger partial charge in [-0.25, -0.2) is 4.79 Å². The van der Waals surface area contributed by atoms with Gasteiger partial charge >= 0.3 is 12.1 Å².